The van der Waals surface area contributed by atoms with E-state index in [9.17, 15) is 10.1 Å². The molecule has 0 aliphatic carbocycles. The molecule has 0 bridgehead atoms. The molecule has 0 amide bonds. The van der Waals surface area contributed by atoms with Crippen molar-refractivity contribution in [3.8, 4) is 0 Å². The first-order valence-electron chi connectivity index (χ1n) is 4.87. The van der Waals surface area contributed by atoms with Crippen molar-refractivity contribution in [1.29, 1.82) is 0 Å². The normalized spacial score (nSPS) is 12.2. The Bertz CT molecular complexity index is 399. The third-order valence-electron chi connectivity index (χ3n) is 2.50. The minimum absolute atomic E-state index is 0.00996. The molecule has 1 heterocycles. The number of hydrogen-bond acceptors (Lipinski definition) is 5. The van der Waals surface area contributed by atoms with Gasteiger partial charge in [-0.15, -0.1) is 0 Å². The van der Waals surface area contributed by atoms with Crippen molar-refractivity contribution in [3.05, 3.63) is 21.6 Å². The molecule has 0 aliphatic heterocycles. The van der Waals surface area contributed by atoms with Crippen LogP contribution < -0.4 is 4.90 Å². The van der Waals surface area contributed by atoms with Crippen LogP contribution >= 0.6 is 11.6 Å². The summed E-state index contributed by atoms with van der Waals surface area (Å²) in [7, 11) is 1.75. The minimum Gasteiger partial charge on any atom is -0.351 e. The van der Waals surface area contributed by atoms with Crippen molar-refractivity contribution in [2.75, 3.05) is 11.9 Å². The maximum Gasteiger partial charge on any atom is 0.329 e. The molecule has 1 rings (SSSR count). The van der Waals surface area contributed by atoms with Gasteiger partial charge in [0, 0.05) is 13.1 Å². The largest absolute Gasteiger partial charge is 0.351 e. The first-order chi connectivity index (χ1) is 7.47. The summed E-state index contributed by atoms with van der Waals surface area (Å²) in [6.45, 7) is 3.95. The molecular formula is C9H13ClN4O2. The second-order valence-electron chi connectivity index (χ2n) is 3.47. The van der Waals surface area contributed by atoms with Crippen molar-refractivity contribution in [3.63, 3.8) is 0 Å². The average Bonchev–Trinajstić information content (AvgIpc) is 2.26. The van der Waals surface area contributed by atoms with E-state index in [-0.39, 0.29) is 22.8 Å². The monoisotopic (exact) mass is 244 g/mol. The average molecular weight is 245 g/mol. The molecule has 0 saturated heterocycles. The smallest absolute Gasteiger partial charge is 0.329 e. The van der Waals surface area contributed by atoms with Gasteiger partial charge in [-0.25, -0.2) is 4.98 Å². The fraction of sp³-hybridized carbons (Fsp3) is 0.556. The summed E-state index contributed by atoms with van der Waals surface area (Å²) in [5, 5.41) is 10.8. The van der Waals surface area contributed by atoms with E-state index in [1.54, 1.807) is 11.9 Å². The molecule has 0 saturated carbocycles. The third-order valence-corrected chi connectivity index (χ3v) is 2.69. The second kappa shape index (κ2) is 5.07. The molecule has 6 nitrogen and oxygen atoms in total. The summed E-state index contributed by atoms with van der Waals surface area (Å²) in [5.74, 6) is 0.249. The highest BCUT2D eigenvalue weighted by Crippen LogP contribution is 2.26. The minimum atomic E-state index is -0.509. The number of hydrogen-bond donors (Lipinski definition) is 0. The number of aromatic nitrogens is 2. The van der Waals surface area contributed by atoms with Gasteiger partial charge in [0.25, 0.3) is 0 Å². The Morgan fingerprint density at radius 2 is 2.31 bits per heavy atom. The van der Waals surface area contributed by atoms with Crippen LogP contribution in [0.5, 0.6) is 0 Å². The van der Waals surface area contributed by atoms with Crippen LogP contribution in [0.25, 0.3) is 0 Å². The van der Waals surface area contributed by atoms with Crippen LogP contribution in [0.3, 0.4) is 0 Å². The van der Waals surface area contributed by atoms with Gasteiger partial charge in [-0.3, -0.25) is 10.1 Å². The molecule has 16 heavy (non-hydrogen) atoms. The maximum atomic E-state index is 10.8. The van der Waals surface area contributed by atoms with E-state index in [4.69, 9.17) is 11.6 Å². The third kappa shape index (κ3) is 2.57. The van der Waals surface area contributed by atoms with Gasteiger partial charge in [0.05, 0.1) is 4.92 Å². The van der Waals surface area contributed by atoms with Crippen molar-refractivity contribution in [2.24, 2.45) is 0 Å². The Morgan fingerprint density at radius 3 is 2.81 bits per heavy atom. The summed E-state index contributed by atoms with van der Waals surface area (Å²) in [4.78, 5) is 19.5. The first kappa shape index (κ1) is 12.6. The number of halogens is 1. The summed E-state index contributed by atoms with van der Waals surface area (Å²) in [6.07, 6.45) is 1.98. The lowest BCUT2D eigenvalue weighted by atomic mass is 10.2. The number of nitrogens with zero attached hydrogens (tertiary/aromatic N) is 4. The van der Waals surface area contributed by atoms with Crippen LogP contribution in [0.15, 0.2) is 6.20 Å². The van der Waals surface area contributed by atoms with Gasteiger partial charge in [0.2, 0.25) is 11.1 Å². The molecule has 0 aliphatic rings. The van der Waals surface area contributed by atoms with Crippen molar-refractivity contribution < 1.29 is 4.92 Å². The van der Waals surface area contributed by atoms with E-state index in [1.807, 2.05) is 13.8 Å². The molecule has 88 valence electrons. The molecule has 7 heteroatoms. The second-order valence-corrected chi connectivity index (χ2v) is 3.81. The van der Waals surface area contributed by atoms with Gasteiger partial charge in [-0.1, -0.05) is 6.92 Å². The summed E-state index contributed by atoms with van der Waals surface area (Å²) < 4.78 is 0. The lowest BCUT2D eigenvalue weighted by molar-refractivity contribution is -0.384. The van der Waals surface area contributed by atoms with Gasteiger partial charge < -0.3 is 4.90 Å². The summed E-state index contributed by atoms with van der Waals surface area (Å²) in [6, 6.07) is 0.143. The van der Waals surface area contributed by atoms with Crippen LogP contribution in [-0.2, 0) is 0 Å². The quantitative estimate of drug-likeness (QED) is 0.462. The molecule has 0 N–H and O–H groups in total. The maximum absolute atomic E-state index is 10.8. The topological polar surface area (TPSA) is 72.2 Å². The molecule has 1 aromatic rings. The van der Waals surface area contributed by atoms with E-state index in [0.717, 1.165) is 12.6 Å². The van der Waals surface area contributed by atoms with Gasteiger partial charge >= 0.3 is 5.69 Å². The Morgan fingerprint density at radius 1 is 1.69 bits per heavy atom. The molecule has 1 aromatic heterocycles. The summed E-state index contributed by atoms with van der Waals surface area (Å²) in [5.41, 5.74) is -0.132. The van der Waals surface area contributed by atoms with Crippen LogP contribution in [-0.4, -0.2) is 28.0 Å². The van der Waals surface area contributed by atoms with E-state index in [1.165, 1.54) is 0 Å². The van der Waals surface area contributed by atoms with Crippen LogP contribution in [0, 0.1) is 10.1 Å². The van der Waals surface area contributed by atoms with E-state index >= 15 is 0 Å². The van der Waals surface area contributed by atoms with Gasteiger partial charge in [-0.05, 0) is 24.9 Å². The molecule has 0 spiro atoms. The lowest BCUT2D eigenvalue weighted by Gasteiger charge is -2.24. The van der Waals surface area contributed by atoms with Crippen molar-refractivity contribution in [2.45, 2.75) is 26.3 Å². The molecule has 1 unspecified atom stereocenters. The van der Waals surface area contributed by atoms with Crippen LogP contribution in [0.1, 0.15) is 20.3 Å². The standard InChI is InChI=1S/C9H13ClN4O2/c1-4-6(2)13(3)8-7(14(15)16)5-11-9(10)12-8/h5-6H,4H2,1-3H3. The zero-order chi connectivity index (χ0) is 12.3. The Hall–Kier alpha value is -1.43. The summed E-state index contributed by atoms with van der Waals surface area (Å²) >= 11 is 5.64. The fourth-order valence-electron chi connectivity index (χ4n) is 1.22. The molecule has 0 fully saturated rings. The van der Waals surface area contributed by atoms with Crippen molar-refractivity contribution >= 4 is 23.1 Å². The highest BCUT2D eigenvalue weighted by Gasteiger charge is 2.22. The highest BCUT2D eigenvalue weighted by molar-refractivity contribution is 6.28. The van der Waals surface area contributed by atoms with Gasteiger partial charge in [-0.2, -0.15) is 4.98 Å². The van der Waals surface area contributed by atoms with Gasteiger partial charge in [0.15, 0.2) is 0 Å². The zero-order valence-electron chi connectivity index (χ0n) is 9.35. The van der Waals surface area contributed by atoms with Crippen molar-refractivity contribution in [1.82, 2.24) is 9.97 Å². The Kier molecular flexibility index (Phi) is 4.00. The zero-order valence-corrected chi connectivity index (χ0v) is 10.1. The molecular weight excluding hydrogens is 232 g/mol. The number of rotatable bonds is 4. The van der Waals surface area contributed by atoms with E-state index < -0.39 is 4.92 Å². The molecule has 0 radical (unpaired) electrons. The Labute approximate surface area is 98.4 Å². The molecule has 1 atom stereocenters. The number of nitro groups is 1. The predicted molar refractivity (Wildman–Crippen MR) is 61.9 cm³/mol. The van der Waals surface area contributed by atoms with E-state index in [0.29, 0.717) is 0 Å². The predicted octanol–water partition coefficient (Wildman–Crippen LogP) is 2.27. The SMILES string of the molecule is CCC(C)N(C)c1nc(Cl)ncc1[N+](=O)[O-]. The lowest BCUT2D eigenvalue weighted by Crippen LogP contribution is -2.29. The fourth-order valence-corrected chi connectivity index (χ4v) is 1.35. The van der Waals surface area contributed by atoms with Gasteiger partial charge in [0.1, 0.15) is 6.20 Å². The van der Waals surface area contributed by atoms with Crippen LogP contribution in [0.4, 0.5) is 11.5 Å². The molecule has 0 aromatic carbocycles. The Balaban J connectivity index is 3.19. The number of anilines is 1. The highest BCUT2D eigenvalue weighted by atomic mass is 35.5. The van der Waals surface area contributed by atoms with E-state index in [2.05, 4.69) is 9.97 Å². The van der Waals surface area contributed by atoms with Crippen LogP contribution in [0.2, 0.25) is 5.28 Å². The first-order valence-corrected chi connectivity index (χ1v) is 5.25.